The van der Waals surface area contributed by atoms with Crippen molar-refractivity contribution in [2.45, 2.75) is 0 Å². The van der Waals surface area contributed by atoms with Crippen LogP contribution in [-0.4, -0.2) is 9.97 Å². The van der Waals surface area contributed by atoms with Crippen LogP contribution in [0.3, 0.4) is 0 Å². The van der Waals surface area contributed by atoms with Gasteiger partial charge < -0.3 is 4.98 Å². The third-order valence-electron chi connectivity index (χ3n) is 1.50. The third-order valence-corrected chi connectivity index (χ3v) is 2.13. The number of H-pyrrole nitrogens is 1. The number of nitrogens with one attached hydrogen (secondary N) is 1. The van der Waals surface area contributed by atoms with Crippen molar-refractivity contribution >= 4 is 26.8 Å². The van der Waals surface area contributed by atoms with Crippen LogP contribution >= 0.6 is 15.9 Å². The average Bonchev–Trinajstić information content (AvgIpc) is 2.45. The standard InChI is InChI=1S/C7H4BrFN2/c8-7-4-1-2-10-6(4)5(9)3-11-7/h1-3,10H. The highest BCUT2D eigenvalue weighted by Gasteiger charge is 2.04. The summed E-state index contributed by atoms with van der Waals surface area (Å²) in [6.45, 7) is 0. The van der Waals surface area contributed by atoms with Crippen molar-refractivity contribution in [1.82, 2.24) is 9.97 Å². The second-order valence-corrected chi connectivity index (χ2v) is 2.91. The Hall–Kier alpha value is -0.900. The maximum absolute atomic E-state index is 12.9. The molecular formula is C7H4BrFN2. The van der Waals surface area contributed by atoms with Crippen LogP contribution in [0.5, 0.6) is 0 Å². The van der Waals surface area contributed by atoms with Gasteiger partial charge in [0.25, 0.3) is 0 Å². The molecule has 2 nitrogen and oxygen atoms in total. The molecule has 0 saturated heterocycles. The highest BCUT2D eigenvalue weighted by molar-refractivity contribution is 9.10. The zero-order chi connectivity index (χ0) is 7.84. The number of halogens is 2. The van der Waals surface area contributed by atoms with Gasteiger partial charge in [0.05, 0.1) is 11.7 Å². The molecule has 11 heavy (non-hydrogen) atoms. The minimum absolute atomic E-state index is 0.326. The average molecular weight is 215 g/mol. The summed E-state index contributed by atoms with van der Waals surface area (Å²) in [5.41, 5.74) is 0.492. The van der Waals surface area contributed by atoms with Crippen molar-refractivity contribution in [1.29, 1.82) is 0 Å². The van der Waals surface area contributed by atoms with Crippen molar-refractivity contribution < 1.29 is 4.39 Å². The summed E-state index contributed by atoms with van der Waals surface area (Å²) in [7, 11) is 0. The molecule has 0 amide bonds. The van der Waals surface area contributed by atoms with Crippen molar-refractivity contribution in [3.05, 3.63) is 28.9 Å². The molecule has 0 aliphatic rings. The molecule has 0 aliphatic carbocycles. The highest BCUT2D eigenvalue weighted by atomic mass is 79.9. The lowest BCUT2D eigenvalue weighted by Crippen LogP contribution is -1.81. The predicted molar refractivity (Wildman–Crippen MR) is 43.8 cm³/mol. The molecular weight excluding hydrogens is 211 g/mol. The van der Waals surface area contributed by atoms with Crippen LogP contribution in [0, 0.1) is 5.82 Å². The van der Waals surface area contributed by atoms with E-state index in [1.807, 2.05) is 0 Å². The summed E-state index contributed by atoms with van der Waals surface area (Å²) in [5, 5.41) is 0.769. The number of hydrogen-bond donors (Lipinski definition) is 1. The van der Waals surface area contributed by atoms with E-state index in [0.29, 0.717) is 10.1 Å². The Morgan fingerprint density at radius 3 is 3.09 bits per heavy atom. The fraction of sp³-hybridized carbons (Fsp3) is 0. The second-order valence-electron chi connectivity index (χ2n) is 2.16. The molecule has 0 fully saturated rings. The Morgan fingerprint density at radius 2 is 2.36 bits per heavy atom. The van der Waals surface area contributed by atoms with E-state index in [0.717, 1.165) is 5.39 Å². The Bertz CT molecular complexity index is 360. The van der Waals surface area contributed by atoms with Gasteiger partial charge in [-0.25, -0.2) is 9.37 Å². The van der Waals surface area contributed by atoms with Gasteiger partial charge in [-0.05, 0) is 22.0 Å². The Labute approximate surface area is 70.6 Å². The number of rotatable bonds is 0. The summed E-state index contributed by atoms with van der Waals surface area (Å²) in [6.07, 6.45) is 2.86. The van der Waals surface area contributed by atoms with Gasteiger partial charge >= 0.3 is 0 Å². The van der Waals surface area contributed by atoms with E-state index < -0.39 is 0 Å². The second kappa shape index (κ2) is 2.30. The number of aromatic amines is 1. The molecule has 2 heterocycles. The van der Waals surface area contributed by atoms with Gasteiger partial charge in [0, 0.05) is 11.6 Å². The van der Waals surface area contributed by atoms with Crippen molar-refractivity contribution in [2.24, 2.45) is 0 Å². The molecule has 0 spiro atoms. The fourth-order valence-corrected chi connectivity index (χ4v) is 1.42. The SMILES string of the molecule is Fc1cnc(Br)c2cc[nH]c12. The van der Waals surface area contributed by atoms with Crippen LogP contribution in [0.1, 0.15) is 0 Å². The van der Waals surface area contributed by atoms with Gasteiger partial charge in [-0.2, -0.15) is 0 Å². The Morgan fingerprint density at radius 1 is 1.55 bits per heavy atom. The first kappa shape index (κ1) is 6.79. The number of hydrogen-bond acceptors (Lipinski definition) is 1. The van der Waals surface area contributed by atoms with Gasteiger partial charge in [0.15, 0.2) is 5.82 Å². The molecule has 2 aromatic heterocycles. The van der Waals surface area contributed by atoms with Crippen LogP contribution < -0.4 is 0 Å². The van der Waals surface area contributed by atoms with Crippen molar-refractivity contribution in [3.63, 3.8) is 0 Å². The molecule has 0 unspecified atom stereocenters. The molecule has 0 atom stereocenters. The molecule has 2 rings (SSSR count). The molecule has 0 aromatic carbocycles. The van der Waals surface area contributed by atoms with Gasteiger partial charge in [0.1, 0.15) is 4.60 Å². The predicted octanol–water partition coefficient (Wildman–Crippen LogP) is 2.46. The summed E-state index contributed by atoms with van der Waals surface area (Å²) < 4.78 is 13.5. The van der Waals surface area contributed by atoms with E-state index in [9.17, 15) is 4.39 Å². The van der Waals surface area contributed by atoms with E-state index in [-0.39, 0.29) is 5.82 Å². The van der Waals surface area contributed by atoms with E-state index in [4.69, 9.17) is 0 Å². The van der Waals surface area contributed by atoms with Gasteiger partial charge in [-0.3, -0.25) is 0 Å². The monoisotopic (exact) mass is 214 g/mol. The van der Waals surface area contributed by atoms with E-state index in [1.54, 1.807) is 12.3 Å². The molecule has 2 aromatic rings. The maximum atomic E-state index is 12.9. The molecule has 0 bridgehead atoms. The van der Waals surface area contributed by atoms with E-state index in [1.165, 1.54) is 6.20 Å². The Balaban J connectivity index is 2.96. The summed E-state index contributed by atoms with van der Waals surface area (Å²) in [4.78, 5) is 6.58. The smallest absolute Gasteiger partial charge is 0.165 e. The molecule has 4 heteroatoms. The first-order valence-corrected chi connectivity index (χ1v) is 3.85. The number of pyridine rings is 1. The van der Waals surface area contributed by atoms with E-state index in [2.05, 4.69) is 25.9 Å². The van der Waals surface area contributed by atoms with Crippen LogP contribution in [0.25, 0.3) is 10.9 Å². The molecule has 0 saturated carbocycles. The van der Waals surface area contributed by atoms with Crippen LogP contribution in [0.2, 0.25) is 0 Å². The zero-order valence-corrected chi connectivity index (χ0v) is 7.02. The lowest BCUT2D eigenvalue weighted by molar-refractivity contribution is 0.631. The minimum Gasteiger partial charge on any atom is -0.359 e. The quantitative estimate of drug-likeness (QED) is 0.671. The first-order valence-electron chi connectivity index (χ1n) is 3.06. The van der Waals surface area contributed by atoms with Gasteiger partial charge in [-0.15, -0.1) is 0 Å². The van der Waals surface area contributed by atoms with Gasteiger partial charge in [0.2, 0.25) is 0 Å². The molecule has 0 aliphatic heterocycles. The van der Waals surface area contributed by atoms with Crippen LogP contribution in [0.4, 0.5) is 4.39 Å². The molecule has 1 N–H and O–H groups in total. The maximum Gasteiger partial charge on any atom is 0.165 e. The topological polar surface area (TPSA) is 28.7 Å². The molecule has 56 valence electrons. The fourth-order valence-electron chi connectivity index (χ4n) is 0.986. The van der Waals surface area contributed by atoms with Crippen molar-refractivity contribution in [2.75, 3.05) is 0 Å². The van der Waals surface area contributed by atoms with E-state index >= 15 is 0 Å². The normalized spacial score (nSPS) is 10.7. The van der Waals surface area contributed by atoms with Crippen molar-refractivity contribution in [3.8, 4) is 0 Å². The zero-order valence-electron chi connectivity index (χ0n) is 5.44. The molecule has 0 radical (unpaired) electrons. The first-order chi connectivity index (χ1) is 5.29. The number of nitrogens with zero attached hydrogens (tertiary/aromatic N) is 1. The third kappa shape index (κ3) is 0.939. The highest BCUT2D eigenvalue weighted by Crippen LogP contribution is 2.21. The lowest BCUT2D eigenvalue weighted by atomic mass is 10.3. The van der Waals surface area contributed by atoms with Gasteiger partial charge in [-0.1, -0.05) is 0 Å². The number of aromatic nitrogens is 2. The minimum atomic E-state index is -0.326. The Kier molecular flexibility index (Phi) is 1.42. The largest absolute Gasteiger partial charge is 0.359 e. The summed E-state index contributed by atoms with van der Waals surface area (Å²) in [6, 6.07) is 1.77. The summed E-state index contributed by atoms with van der Waals surface area (Å²) >= 11 is 3.21. The number of fused-ring (bicyclic) bond motifs is 1. The van der Waals surface area contributed by atoms with Crippen LogP contribution in [-0.2, 0) is 0 Å². The van der Waals surface area contributed by atoms with Crippen LogP contribution in [0.15, 0.2) is 23.1 Å². The summed E-state index contributed by atoms with van der Waals surface area (Å²) in [5.74, 6) is -0.326. The lowest BCUT2D eigenvalue weighted by Gasteiger charge is -1.93.